The van der Waals surface area contributed by atoms with Crippen LogP contribution in [0.25, 0.3) is 0 Å². The maximum Gasteiger partial charge on any atom is 0.236 e. The minimum atomic E-state index is 0.134. The van der Waals surface area contributed by atoms with Crippen molar-refractivity contribution in [3.05, 3.63) is 0 Å². The molecule has 1 heterocycles. The highest BCUT2D eigenvalue weighted by Gasteiger charge is 2.17. The first-order chi connectivity index (χ1) is 8.13. The molecule has 0 bridgehead atoms. The second-order valence-electron chi connectivity index (χ2n) is 5.04. The molecule has 1 atom stereocenters. The van der Waals surface area contributed by atoms with Crippen LogP contribution in [0.15, 0.2) is 0 Å². The molecule has 0 spiro atoms. The summed E-state index contributed by atoms with van der Waals surface area (Å²) >= 11 is 0. The van der Waals surface area contributed by atoms with Gasteiger partial charge in [-0.05, 0) is 38.3 Å². The first-order valence-corrected chi connectivity index (χ1v) is 6.46. The zero-order valence-electron chi connectivity index (χ0n) is 11.0. The van der Waals surface area contributed by atoms with Gasteiger partial charge in [-0.15, -0.1) is 0 Å². The lowest BCUT2D eigenvalue weighted by Crippen LogP contribution is -2.39. The van der Waals surface area contributed by atoms with E-state index in [0.29, 0.717) is 19.5 Å². The molecule has 0 aliphatic carbocycles. The summed E-state index contributed by atoms with van der Waals surface area (Å²) in [5, 5.41) is 8.49. The van der Waals surface area contributed by atoms with E-state index >= 15 is 0 Å². The van der Waals surface area contributed by atoms with Crippen LogP contribution in [0.5, 0.6) is 0 Å². The maximum atomic E-state index is 11.9. The molecule has 4 nitrogen and oxygen atoms in total. The summed E-state index contributed by atoms with van der Waals surface area (Å²) in [5.74, 6) is 0.918. The SMILES string of the molecule is CC1CCCN(CC(=O)N(C)CCC#N)CC1. The number of hydrogen-bond donors (Lipinski definition) is 0. The van der Waals surface area contributed by atoms with E-state index in [1.165, 1.54) is 19.3 Å². The first kappa shape index (κ1) is 14.0. The van der Waals surface area contributed by atoms with E-state index < -0.39 is 0 Å². The number of hydrogen-bond acceptors (Lipinski definition) is 3. The van der Waals surface area contributed by atoms with Crippen molar-refractivity contribution in [2.24, 2.45) is 5.92 Å². The summed E-state index contributed by atoms with van der Waals surface area (Å²) in [6, 6.07) is 2.07. The van der Waals surface area contributed by atoms with E-state index in [-0.39, 0.29) is 5.91 Å². The van der Waals surface area contributed by atoms with Crippen molar-refractivity contribution in [3.63, 3.8) is 0 Å². The van der Waals surface area contributed by atoms with Crippen LogP contribution in [0.3, 0.4) is 0 Å². The predicted octanol–water partition coefficient (Wildman–Crippen LogP) is 1.48. The molecular formula is C13H23N3O. The van der Waals surface area contributed by atoms with Crippen LogP contribution in [-0.4, -0.2) is 48.9 Å². The van der Waals surface area contributed by atoms with Crippen molar-refractivity contribution in [2.45, 2.75) is 32.6 Å². The van der Waals surface area contributed by atoms with Gasteiger partial charge < -0.3 is 4.90 Å². The Morgan fingerprint density at radius 1 is 1.47 bits per heavy atom. The molecule has 1 amide bonds. The Balaban J connectivity index is 2.32. The van der Waals surface area contributed by atoms with Gasteiger partial charge in [-0.2, -0.15) is 5.26 Å². The van der Waals surface area contributed by atoms with Gasteiger partial charge in [0.25, 0.3) is 0 Å². The van der Waals surface area contributed by atoms with Gasteiger partial charge in [-0.25, -0.2) is 0 Å². The third-order valence-corrected chi connectivity index (χ3v) is 3.45. The van der Waals surface area contributed by atoms with Crippen LogP contribution in [0.4, 0.5) is 0 Å². The van der Waals surface area contributed by atoms with Crippen molar-refractivity contribution in [1.29, 1.82) is 5.26 Å². The summed E-state index contributed by atoms with van der Waals surface area (Å²) in [6.07, 6.45) is 4.07. The number of carbonyl (C=O) groups excluding carboxylic acids is 1. The minimum Gasteiger partial charge on any atom is -0.344 e. The molecule has 0 aromatic carbocycles. The highest BCUT2D eigenvalue weighted by atomic mass is 16.2. The number of amides is 1. The number of likely N-dealkylation sites (N-methyl/N-ethyl adjacent to an activating group) is 1. The lowest BCUT2D eigenvalue weighted by molar-refractivity contribution is -0.131. The van der Waals surface area contributed by atoms with E-state index in [4.69, 9.17) is 5.26 Å². The highest BCUT2D eigenvalue weighted by molar-refractivity contribution is 5.77. The van der Waals surface area contributed by atoms with Crippen molar-refractivity contribution < 1.29 is 4.79 Å². The van der Waals surface area contributed by atoms with Crippen molar-refractivity contribution in [1.82, 2.24) is 9.80 Å². The molecule has 96 valence electrons. The third kappa shape index (κ3) is 5.18. The summed E-state index contributed by atoms with van der Waals surface area (Å²) < 4.78 is 0. The lowest BCUT2D eigenvalue weighted by atomic mass is 10.0. The van der Waals surface area contributed by atoms with Gasteiger partial charge in [-0.3, -0.25) is 9.69 Å². The molecule has 4 heteroatoms. The number of nitrogens with zero attached hydrogens (tertiary/aromatic N) is 3. The van der Waals surface area contributed by atoms with Gasteiger partial charge in [-0.1, -0.05) is 6.92 Å². The Hall–Kier alpha value is -1.08. The van der Waals surface area contributed by atoms with Gasteiger partial charge in [0.15, 0.2) is 0 Å². The molecule has 0 saturated carbocycles. The summed E-state index contributed by atoms with van der Waals surface area (Å²) in [5.41, 5.74) is 0. The van der Waals surface area contributed by atoms with Gasteiger partial charge in [0.2, 0.25) is 5.91 Å². The smallest absolute Gasteiger partial charge is 0.236 e. The number of carbonyl (C=O) groups is 1. The molecule has 1 fully saturated rings. The first-order valence-electron chi connectivity index (χ1n) is 6.46. The molecule has 1 aliphatic rings. The van der Waals surface area contributed by atoms with Crippen LogP contribution < -0.4 is 0 Å². The van der Waals surface area contributed by atoms with Crippen molar-refractivity contribution in [2.75, 3.05) is 33.2 Å². The van der Waals surface area contributed by atoms with Crippen LogP contribution in [0, 0.1) is 17.2 Å². The average Bonchev–Trinajstić information content (AvgIpc) is 2.51. The average molecular weight is 237 g/mol. The quantitative estimate of drug-likeness (QED) is 0.744. The fourth-order valence-electron chi connectivity index (χ4n) is 2.13. The maximum absolute atomic E-state index is 11.9. The fourth-order valence-corrected chi connectivity index (χ4v) is 2.13. The van der Waals surface area contributed by atoms with Crippen molar-refractivity contribution >= 4 is 5.91 Å². The largest absolute Gasteiger partial charge is 0.344 e. The number of nitriles is 1. The van der Waals surface area contributed by atoms with Crippen LogP contribution in [0.1, 0.15) is 32.6 Å². The van der Waals surface area contributed by atoms with Crippen LogP contribution in [-0.2, 0) is 4.79 Å². The van der Waals surface area contributed by atoms with Gasteiger partial charge >= 0.3 is 0 Å². The predicted molar refractivity (Wildman–Crippen MR) is 67.3 cm³/mol. The number of likely N-dealkylation sites (tertiary alicyclic amines) is 1. The molecule has 0 N–H and O–H groups in total. The van der Waals surface area contributed by atoms with Gasteiger partial charge in [0.1, 0.15) is 0 Å². The van der Waals surface area contributed by atoms with E-state index in [0.717, 1.165) is 19.0 Å². The topological polar surface area (TPSA) is 47.3 Å². The Morgan fingerprint density at radius 2 is 2.24 bits per heavy atom. The second-order valence-corrected chi connectivity index (χ2v) is 5.04. The molecule has 17 heavy (non-hydrogen) atoms. The van der Waals surface area contributed by atoms with Gasteiger partial charge in [0.05, 0.1) is 19.0 Å². The molecule has 0 radical (unpaired) electrons. The molecule has 0 aromatic heterocycles. The monoisotopic (exact) mass is 237 g/mol. The molecular weight excluding hydrogens is 214 g/mol. The normalized spacial score (nSPS) is 21.6. The van der Waals surface area contributed by atoms with Gasteiger partial charge in [0, 0.05) is 13.6 Å². The Kier molecular flexibility index (Phi) is 5.99. The Morgan fingerprint density at radius 3 is 2.94 bits per heavy atom. The molecule has 1 rings (SSSR count). The zero-order valence-corrected chi connectivity index (χ0v) is 11.0. The fraction of sp³-hybridized carbons (Fsp3) is 0.846. The van der Waals surface area contributed by atoms with Crippen LogP contribution in [0.2, 0.25) is 0 Å². The summed E-state index contributed by atoms with van der Waals surface area (Å²) in [6.45, 7) is 5.39. The minimum absolute atomic E-state index is 0.134. The lowest BCUT2D eigenvalue weighted by Gasteiger charge is -2.23. The molecule has 0 aromatic rings. The Labute approximate surface area is 104 Å². The van der Waals surface area contributed by atoms with E-state index in [1.54, 1.807) is 11.9 Å². The Bertz CT molecular complexity index is 285. The molecule has 1 unspecified atom stereocenters. The van der Waals surface area contributed by atoms with E-state index in [1.807, 2.05) is 0 Å². The zero-order chi connectivity index (χ0) is 12.7. The van der Waals surface area contributed by atoms with E-state index in [2.05, 4.69) is 17.9 Å². The summed E-state index contributed by atoms with van der Waals surface area (Å²) in [7, 11) is 1.78. The van der Waals surface area contributed by atoms with E-state index in [9.17, 15) is 4.79 Å². The van der Waals surface area contributed by atoms with Crippen LogP contribution >= 0.6 is 0 Å². The standard InChI is InChI=1S/C13H23N3O/c1-12-5-3-9-16(10-6-12)11-13(17)15(2)8-4-7-14/h12H,3-6,8-11H2,1-2H3. The third-order valence-electron chi connectivity index (χ3n) is 3.45. The second kappa shape index (κ2) is 7.29. The summed E-state index contributed by atoms with van der Waals surface area (Å²) in [4.78, 5) is 15.8. The number of rotatable bonds is 4. The highest BCUT2D eigenvalue weighted by Crippen LogP contribution is 2.16. The molecule has 1 aliphatic heterocycles. The molecule has 1 saturated heterocycles. The van der Waals surface area contributed by atoms with Crippen molar-refractivity contribution in [3.8, 4) is 6.07 Å².